The summed E-state index contributed by atoms with van der Waals surface area (Å²) >= 11 is 0. The van der Waals surface area contributed by atoms with E-state index in [2.05, 4.69) is 0 Å². The van der Waals surface area contributed by atoms with Gasteiger partial charge in [0.1, 0.15) is 6.61 Å². The van der Waals surface area contributed by atoms with Crippen molar-refractivity contribution in [2.24, 2.45) is 5.92 Å². The first-order valence-corrected chi connectivity index (χ1v) is 5.11. The summed E-state index contributed by atoms with van der Waals surface area (Å²) in [5, 5.41) is 1.34. The van der Waals surface area contributed by atoms with Gasteiger partial charge in [-0.05, 0) is 11.5 Å². The van der Waals surface area contributed by atoms with Crippen LogP contribution in [0.15, 0.2) is 30.3 Å². The number of rotatable bonds is 6. The summed E-state index contributed by atoms with van der Waals surface area (Å²) in [7, 11) is 0. The first-order valence-electron chi connectivity index (χ1n) is 5.11. The summed E-state index contributed by atoms with van der Waals surface area (Å²) in [6.45, 7) is 5.15. The fourth-order valence-corrected chi connectivity index (χ4v) is 1.22. The lowest BCUT2D eigenvalue weighted by molar-refractivity contribution is -0.180. The van der Waals surface area contributed by atoms with Crippen molar-refractivity contribution in [1.82, 2.24) is 5.06 Å². The Labute approximate surface area is 90.6 Å². The first-order chi connectivity index (χ1) is 7.22. The second-order valence-corrected chi connectivity index (χ2v) is 3.86. The molecule has 0 fully saturated rings. The molecular weight excluding hydrogens is 190 g/mol. The monoisotopic (exact) mass is 207 g/mol. The van der Waals surface area contributed by atoms with Crippen LogP contribution in [0.2, 0.25) is 0 Å². The molecule has 0 spiro atoms. The van der Waals surface area contributed by atoms with E-state index in [0.29, 0.717) is 19.1 Å². The van der Waals surface area contributed by atoms with Crippen molar-refractivity contribution >= 4 is 6.41 Å². The molecule has 15 heavy (non-hydrogen) atoms. The minimum absolute atomic E-state index is 0.408. The number of carbonyl (C=O) groups excluding carboxylic acids is 1. The lowest BCUT2D eigenvalue weighted by Crippen LogP contribution is -2.26. The summed E-state index contributed by atoms with van der Waals surface area (Å²) in [6.07, 6.45) is 0.725. The van der Waals surface area contributed by atoms with Crippen molar-refractivity contribution in [2.75, 3.05) is 6.54 Å². The lowest BCUT2D eigenvalue weighted by Gasteiger charge is -2.18. The summed E-state index contributed by atoms with van der Waals surface area (Å²) < 4.78 is 0. The summed E-state index contributed by atoms with van der Waals surface area (Å²) in [5.74, 6) is 0.408. The van der Waals surface area contributed by atoms with Crippen LogP contribution in [0.25, 0.3) is 0 Å². The molecule has 1 aromatic rings. The molecule has 0 radical (unpaired) electrons. The molecule has 82 valence electrons. The van der Waals surface area contributed by atoms with Crippen LogP contribution in [0.1, 0.15) is 19.4 Å². The molecular formula is C12H17NO2. The van der Waals surface area contributed by atoms with Gasteiger partial charge in [0.05, 0.1) is 6.54 Å². The van der Waals surface area contributed by atoms with Gasteiger partial charge >= 0.3 is 0 Å². The highest BCUT2D eigenvalue weighted by atomic mass is 16.7. The number of carbonyl (C=O) groups is 1. The fourth-order valence-electron chi connectivity index (χ4n) is 1.22. The fraction of sp³-hybridized carbons (Fsp3) is 0.417. The molecule has 0 saturated carbocycles. The van der Waals surface area contributed by atoms with Crippen LogP contribution in [0, 0.1) is 5.92 Å². The molecule has 0 heterocycles. The van der Waals surface area contributed by atoms with E-state index in [1.165, 1.54) is 5.06 Å². The topological polar surface area (TPSA) is 29.5 Å². The maximum absolute atomic E-state index is 10.7. The standard InChI is InChI=1S/C12H17NO2/c1-11(2)8-13(10-14)15-9-12-6-4-3-5-7-12/h3-7,10-11H,8-9H2,1-2H3. The summed E-state index contributed by atoms with van der Waals surface area (Å²) in [6, 6.07) is 9.80. The number of hydrogen-bond acceptors (Lipinski definition) is 2. The van der Waals surface area contributed by atoms with Crippen molar-refractivity contribution < 1.29 is 9.63 Å². The van der Waals surface area contributed by atoms with E-state index < -0.39 is 0 Å². The van der Waals surface area contributed by atoms with E-state index in [4.69, 9.17) is 4.84 Å². The molecule has 0 atom stereocenters. The molecule has 1 rings (SSSR count). The second kappa shape index (κ2) is 6.19. The molecule has 0 aromatic heterocycles. The lowest BCUT2D eigenvalue weighted by atomic mass is 10.2. The maximum atomic E-state index is 10.7. The van der Waals surface area contributed by atoms with E-state index in [-0.39, 0.29) is 0 Å². The molecule has 0 aliphatic rings. The van der Waals surface area contributed by atoms with Crippen LogP contribution in [0.4, 0.5) is 0 Å². The van der Waals surface area contributed by atoms with Crippen LogP contribution in [0.3, 0.4) is 0 Å². The third kappa shape index (κ3) is 4.61. The third-order valence-corrected chi connectivity index (χ3v) is 1.90. The zero-order valence-corrected chi connectivity index (χ0v) is 9.22. The second-order valence-electron chi connectivity index (χ2n) is 3.86. The smallest absolute Gasteiger partial charge is 0.233 e. The molecule has 0 aliphatic heterocycles. The molecule has 1 aromatic carbocycles. The SMILES string of the molecule is CC(C)CN(C=O)OCc1ccccc1. The Kier molecular flexibility index (Phi) is 4.84. The summed E-state index contributed by atoms with van der Waals surface area (Å²) in [5.41, 5.74) is 1.06. The molecule has 0 saturated heterocycles. The molecule has 0 aliphatic carbocycles. The van der Waals surface area contributed by atoms with Gasteiger partial charge in [-0.15, -0.1) is 0 Å². The zero-order chi connectivity index (χ0) is 11.1. The van der Waals surface area contributed by atoms with E-state index >= 15 is 0 Å². The number of amides is 1. The van der Waals surface area contributed by atoms with E-state index in [1.54, 1.807) is 0 Å². The predicted octanol–water partition coefficient (Wildman–Crippen LogP) is 2.23. The largest absolute Gasteiger partial charge is 0.276 e. The maximum Gasteiger partial charge on any atom is 0.233 e. The van der Waals surface area contributed by atoms with Gasteiger partial charge in [0, 0.05) is 0 Å². The van der Waals surface area contributed by atoms with Gasteiger partial charge in [0.15, 0.2) is 0 Å². The molecule has 0 bridgehead atoms. The Morgan fingerprint density at radius 1 is 1.33 bits per heavy atom. The Morgan fingerprint density at radius 3 is 2.53 bits per heavy atom. The first kappa shape index (κ1) is 11.7. The minimum atomic E-state index is 0.408. The van der Waals surface area contributed by atoms with Crippen molar-refractivity contribution in [1.29, 1.82) is 0 Å². The number of nitrogens with zero attached hydrogens (tertiary/aromatic N) is 1. The van der Waals surface area contributed by atoms with Crippen LogP contribution in [0.5, 0.6) is 0 Å². The predicted molar refractivity (Wildman–Crippen MR) is 58.8 cm³/mol. The van der Waals surface area contributed by atoms with Crippen LogP contribution >= 0.6 is 0 Å². The number of hydroxylamine groups is 2. The van der Waals surface area contributed by atoms with E-state index in [9.17, 15) is 4.79 Å². The highest BCUT2D eigenvalue weighted by Gasteiger charge is 2.04. The van der Waals surface area contributed by atoms with Crippen LogP contribution in [-0.4, -0.2) is 18.0 Å². The zero-order valence-electron chi connectivity index (χ0n) is 9.22. The van der Waals surface area contributed by atoms with Crippen LogP contribution in [-0.2, 0) is 16.2 Å². The van der Waals surface area contributed by atoms with Crippen molar-refractivity contribution in [2.45, 2.75) is 20.5 Å². The van der Waals surface area contributed by atoms with Gasteiger partial charge in [0.2, 0.25) is 6.41 Å². The highest BCUT2D eigenvalue weighted by Crippen LogP contribution is 2.03. The minimum Gasteiger partial charge on any atom is -0.276 e. The number of benzene rings is 1. The van der Waals surface area contributed by atoms with Crippen LogP contribution < -0.4 is 0 Å². The molecule has 0 unspecified atom stereocenters. The van der Waals surface area contributed by atoms with E-state index in [0.717, 1.165) is 12.0 Å². The van der Waals surface area contributed by atoms with Crippen molar-refractivity contribution in [3.05, 3.63) is 35.9 Å². The molecule has 3 nitrogen and oxygen atoms in total. The Bertz CT molecular complexity index is 285. The third-order valence-electron chi connectivity index (χ3n) is 1.90. The van der Waals surface area contributed by atoms with Gasteiger partial charge in [-0.1, -0.05) is 44.2 Å². The molecule has 1 amide bonds. The average Bonchev–Trinajstić information content (AvgIpc) is 2.25. The Morgan fingerprint density at radius 2 is 2.00 bits per heavy atom. The average molecular weight is 207 g/mol. The normalized spacial score (nSPS) is 10.3. The van der Waals surface area contributed by atoms with Gasteiger partial charge in [-0.3, -0.25) is 9.63 Å². The van der Waals surface area contributed by atoms with E-state index in [1.807, 2.05) is 44.2 Å². The number of hydrogen-bond donors (Lipinski definition) is 0. The van der Waals surface area contributed by atoms with Gasteiger partial charge in [0.25, 0.3) is 0 Å². The highest BCUT2D eigenvalue weighted by molar-refractivity contribution is 5.44. The Hall–Kier alpha value is -1.35. The summed E-state index contributed by atoms with van der Waals surface area (Å²) in [4.78, 5) is 16.0. The quantitative estimate of drug-likeness (QED) is 0.529. The van der Waals surface area contributed by atoms with Crippen molar-refractivity contribution in [3.8, 4) is 0 Å². The van der Waals surface area contributed by atoms with Gasteiger partial charge in [-0.25, -0.2) is 5.06 Å². The molecule has 3 heteroatoms. The van der Waals surface area contributed by atoms with Gasteiger partial charge < -0.3 is 0 Å². The Balaban J connectivity index is 2.38. The van der Waals surface area contributed by atoms with Crippen molar-refractivity contribution in [3.63, 3.8) is 0 Å². The molecule has 0 N–H and O–H groups in total. The van der Waals surface area contributed by atoms with Gasteiger partial charge in [-0.2, -0.15) is 0 Å².